The van der Waals surface area contributed by atoms with Gasteiger partial charge in [-0.3, -0.25) is 4.79 Å². The Bertz CT molecular complexity index is 654. The monoisotopic (exact) mass is 338 g/mol. The van der Waals surface area contributed by atoms with Gasteiger partial charge in [-0.2, -0.15) is 0 Å². The number of carbonyl (C=O) groups excluding carboxylic acids is 1. The minimum Gasteiger partial charge on any atom is -0.353 e. The van der Waals surface area contributed by atoms with Gasteiger partial charge in [0.1, 0.15) is 0 Å². The second-order valence-electron chi connectivity index (χ2n) is 6.42. The van der Waals surface area contributed by atoms with Crippen LogP contribution in [0.4, 0.5) is 0 Å². The highest BCUT2D eigenvalue weighted by molar-refractivity contribution is 7.89. The van der Waals surface area contributed by atoms with E-state index in [1.165, 1.54) is 0 Å². The van der Waals surface area contributed by atoms with Gasteiger partial charge in [0.05, 0.1) is 4.90 Å². The molecule has 0 spiro atoms. The predicted octanol–water partition coefficient (Wildman–Crippen LogP) is 2.34. The van der Waals surface area contributed by atoms with E-state index < -0.39 is 10.0 Å². The Labute approximate surface area is 138 Å². The first kappa shape index (κ1) is 17.9. The van der Waals surface area contributed by atoms with Crippen LogP contribution in [0, 0.1) is 20.8 Å². The molecule has 1 aromatic rings. The molecule has 128 valence electrons. The summed E-state index contributed by atoms with van der Waals surface area (Å²) in [6.07, 6.45) is 4.53. The summed E-state index contributed by atoms with van der Waals surface area (Å²) in [6, 6.07) is 3.98. The summed E-state index contributed by atoms with van der Waals surface area (Å²) >= 11 is 0. The number of hydrogen-bond acceptors (Lipinski definition) is 3. The molecule has 0 aliphatic heterocycles. The van der Waals surface area contributed by atoms with Crippen LogP contribution in [0.5, 0.6) is 0 Å². The molecule has 0 unspecified atom stereocenters. The van der Waals surface area contributed by atoms with E-state index in [9.17, 15) is 13.2 Å². The van der Waals surface area contributed by atoms with Crippen molar-refractivity contribution in [1.29, 1.82) is 0 Å². The molecule has 23 heavy (non-hydrogen) atoms. The number of hydrogen-bond donors (Lipinski definition) is 2. The summed E-state index contributed by atoms with van der Waals surface area (Å²) in [5.74, 6) is -0.0862. The number of nitrogens with one attached hydrogen (secondary N) is 2. The van der Waals surface area contributed by atoms with Crippen LogP contribution in [0.15, 0.2) is 17.0 Å². The first-order chi connectivity index (χ1) is 10.8. The highest BCUT2D eigenvalue weighted by atomic mass is 32.2. The summed E-state index contributed by atoms with van der Waals surface area (Å²) < 4.78 is 27.5. The number of rotatable bonds is 6. The Kier molecular flexibility index (Phi) is 5.81. The van der Waals surface area contributed by atoms with Crippen molar-refractivity contribution in [3.63, 3.8) is 0 Å². The van der Waals surface area contributed by atoms with Crippen molar-refractivity contribution in [2.45, 2.75) is 63.8 Å². The van der Waals surface area contributed by atoms with Gasteiger partial charge in [0.15, 0.2) is 0 Å². The molecule has 0 heterocycles. The average Bonchev–Trinajstić information content (AvgIpc) is 2.89. The van der Waals surface area contributed by atoms with Crippen LogP contribution >= 0.6 is 0 Å². The molecular formula is C17H26N2O3S. The maximum absolute atomic E-state index is 12.5. The van der Waals surface area contributed by atoms with Gasteiger partial charge in [-0.1, -0.05) is 30.5 Å². The molecular weight excluding hydrogens is 312 g/mol. The maximum atomic E-state index is 12.5. The second kappa shape index (κ2) is 7.45. The summed E-state index contributed by atoms with van der Waals surface area (Å²) in [7, 11) is -3.59. The van der Waals surface area contributed by atoms with Gasteiger partial charge >= 0.3 is 0 Å². The topological polar surface area (TPSA) is 75.3 Å². The van der Waals surface area contributed by atoms with E-state index in [-0.39, 0.29) is 24.9 Å². The molecule has 1 aliphatic rings. The van der Waals surface area contributed by atoms with Crippen LogP contribution < -0.4 is 10.0 Å². The highest BCUT2D eigenvalue weighted by Crippen LogP contribution is 2.21. The lowest BCUT2D eigenvalue weighted by Gasteiger charge is -2.14. The third-order valence-corrected chi connectivity index (χ3v) is 6.00. The van der Waals surface area contributed by atoms with Crippen molar-refractivity contribution < 1.29 is 13.2 Å². The summed E-state index contributed by atoms with van der Waals surface area (Å²) in [6.45, 7) is 5.65. The van der Waals surface area contributed by atoms with Crippen molar-refractivity contribution in [1.82, 2.24) is 10.0 Å². The molecule has 0 bridgehead atoms. The Morgan fingerprint density at radius 1 is 1.13 bits per heavy atom. The van der Waals surface area contributed by atoms with E-state index in [0.717, 1.165) is 42.4 Å². The van der Waals surface area contributed by atoms with Crippen molar-refractivity contribution in [2.24, 2.45) is 0 Å². The van der Waals surface area contributed by atoms with Crippen molar-refractivity contribution in [3.05, 3.63) is 28.8 Å². The number of benzene rings is 1. The quantitative estimate of drug-likeness (QED) is 0.836. The van der Waals surface area contributed by atoms with Gasteiger partial charge in [0.2, 0.25) is 15.9 Å². The number of sulfonamides is 1. The average molecular weight is 338 g/mol. The molecule has 1 fully saturated rings. The number of aryl methyl sites for hydroxylation is 3. The molecule has 0 saturated heterocycles. The predicted molar refractivity (Wildman–Crippen MR) is 90.9 cm³/mol. The van der Waals surface area contributed by atoms with E-state index in [4.69, 9.17) is 0 Å². The number of carbonyl (C=O) groups is 1. The zero-order chi connectivity index (χ0) is 17.0. The third-order valence-electron chi connectivity index (χ3n) is 4.24. The smallest absolute Gasteiger partial charge is 0.241 e. The van der Waals surface area contributed by atoms with Crippen LogP contribution in [0.3, 0.4) is 0 Å². The van der Waals surface area contributed by atoms with E-state index in [1.807, 2.05) is 19.1 Å². The summed E-state index contributed by atoms with van der Waals surface area (Å²) in [4.78, 5) is 12.2. The Morgan fingerprint density at radius 3 is 2.26 bits per heavy atom. The Balaban J connectivity index is 1.93. The summed E-state index contributed by atoms with van der Waals surface area (Å²) in [5.41, 5.74) is 2.49. The van der Waals surface area contributed by atoms with Gasteiger partial charge in [0.25, 0.3) is 0 Å². The fourth-order valence-corrected chi connectivity index (χ4v) is 4.81. The van der Waals surface area contributed by atoms with Crippen molar-refractivity contribution in [2.75, 3.05) is 6.54 Å². The molecule has 2 rings (SSSR count). The molecule has 1 aromatic carbocycles. The Morgan fingerprint density at radius 2 is 1.70 bits per heavy atom. The minimum absolute atomic E-state index is 0.0862. The van der Waals surface area contributed by atoms with Gasteiger partial charge in [-0.05, 0) is 44.7 Å². The second-order valence-corrected chi connectivity index (χ2v) is 8.13. The largest absolute Gasteiger partial charge is 0.353 e. The lowest BCUT2D eigenvalue weighted by Crippen LogP contribution is -2.35. The van der Waals surface area contributed by atoms with Crippen LogP contribution in [-0.2, 0) is 14.8 Å². The number of amides is 1. The molecule has 0 atom stereocenters. The highest BCUT2D eigenvalue weighted by Gasteiger charge is 2.21. The van der Waals surface area contributed by atoms with Gasteiger partial charge in [-0.25, -0.2) is 13.1 Å². The van der Waals surface area contributed by atoms with Crippen molar-refractivity contribution in [3.8, 4) is 0 Å². The molecule has 1 amide bonds. The molecule has 0 radical (unpaired) electrons. The van der Waals surface area contributed by atoms with Gasteiger partial charge in [0, 0.05) is 19.0 Å². The molecule has 6 heteroatoms. The van der Waals surface area contributed by atoms with E-state index in [2.05, 4.69) is 10.0 Å². The molecule has 5 nitrogen and oxygen atoms in total. The zero-order valence-electron chi connectivity index (χ0n) is 14.1. The first-order valence-corrected chi connectivity index (χ1v) is 9.65. The molecule has 2 N–H and O–H groups in total. The standard InChI is InChI=1S/C17H26N2O3S/c1-12-10-13(2)17(14(3)11-12)23(21,22)18-9-8-16(20)19-15-6-4-5-7-15/h10-11,15,18H,4-9H2,1-3H3,(H,19,20). The van der Waals surface area contributed by atoms with E-state index >= 15 is 0 Å². The molecule has 0 aromatic heterocycles. The van der Waals surface area contributed by atoms with Gasteiger partial charge in [-0.15, -0.1) is 0 Å². The maximum Gasteiger partial charge on any atom is 0.241 e. The van der Waals surface area contributed by atoms with Crippen LogP contribution in [0.25, 0.3) is 0 Å². The minimum atomic E-state index is -3.59. The Hall–Kier alpha value is -1.40. The molecule has 1 aliphatic carbocycles. The molecule has 1 saturated carbocycles. The lowest BCUT2D eigenvalue weighted by atomic mass is 10.1. The fraction of sp³-hybridized carbons (Fsp3) is 0.588. The van der Waals surface area contributed by atoms with Crippen LogP contribution in [-0.4, -0.2) is 26.9 Å². The van der Waals surface area contributed by atoms with Crippen molar-refractivity contribution >= 4 is 15.9 Å². The first-order valence-electron chi connectivity index (χ1n) is 8.16. The normalized spacial score (nSPS) is 15.8. The SMILES string of the molecule is Cc1cc(C)c(S(=O)(=O)NCCC(=O)NC2CCCC2)c(C)c1. The van der Waals surface area contributed by atoms with Gasteiger partial charge < -0.3 is 5.32 Å². The zero-order valence-corrected chi connectivity index (χ0v) is 14.9. The third kappa shape index (κ3) is 4.78. The summed E-state index contributed by atoms with van der Waals surface area (Å²) in [5, 5.41) is 2.96. The van der Waals surface area contributed by atoms with Crippen LogP contribution in [0.1, 0.15) is 48.8 Å². The fourth-order valence-electron chi connectivity index (χ4n) is 3.33. The van der Waals surface area contributed by atoms with E-state index in [0.29, 0.717) is 4.90 Å². The van der Waals surface area contributed by atoms with Crippen LogP contribution in [0.2, 0.25) is 0 Å². The van der Waals surface area contributed by atoms with E-state index in [1.54, 1.807) is 13.8 Å². The lowest BCUT2D eigenvalue weighted by molar-refractivity contribution is -0.121.